The second-order valence-electron chi connectivity index (χ2n) is 4.59. The van der Waals surface area contributed by atoms with E-state index in [1.165, 1.54) is 11.8 Å². The second kappa shape index (κ2) is 8.59. The van der Waals surface area contributed by atoms with Crippen molar-refractivity contribution < 1.29 is 9.53 Å². The Hall–Kier alpha value is -1.66. The lowest BCUT2D eigenvalue weighted by atomic mass is 10.1. The second-order valence-corrected chi connectivity index (χ2v) is 5.56. The molecule has 1 saturated heterocycles. The molecule has 0 bridgehead atoms. The van der Waals surface area contributed by atoms with Crippen LogP contribution in [0.25, 0.3) is 0 Å². The van der Waals surface area contributed by atoms with Crippen LogP contribution in [-0.2, 0) is 16.1 Å². The lowest BCUT2D eigenvalue weighted by Crippen LogP contribution is -2.19. The molecular formula is C15H19N3O2S. The van der Waals surface area contributed by atoms with Crippen molar-refractivity contribution in [2.75, 3.05) is 12.4 Å². The first-order chi connectivity index (χ1) is 10.3. The van der Waals surface area contributed by atoms with Crippen LogP contribution in [0.1, 0.15) is 30.9 Å². The number of benzene rings is 1. The van der Waals surface area contributed by atoms with Crippen molar-refractivity contribution in [3.63, 3.8) is 0 Å². The first kappa shape index (κ1) is 15.7. The highest BCUT2D eigenvalue weighted by atomic mass is 32.2. The van der Waals surface area contributed by atoms with E-state index in [9.17, 15) is 4.79 Å². The molecule has 1 aliphatic rings. The smallest absolute Gasteiger partial charge is 0.236 e. The first-order valence-corrected chi connectivity index (χ1v) is 7.97. The van der Waals surface area contributed by atoms with Crippen molar-refractivity contribution >= 4 is 29.1 Å². The molecule has 6 heteroatoms. The molecule has 5 nitrogen and oxygen atoms in total. The number of amidine groups is 1. The summed E-state index contributed by atoms with van der Waals surface area (Å²) in [7, 11) is 0. The number of ether oxygens (including phenoxy) is 1. The molecule has 0 spiro atoms. The van der Waals surface area contributed by atoms with E-state index >= 15 is 0 Å². The number of unbranched alkanes of at least 4 members (excludes halogenated alkanes) is 1. The van der Waals surface area contributed by atoms with Gasteiger partial charge in [-0.05, 0) is 12.0 Å². The van der Waals surface area contributed by atoms with Crippen LogP contribution in [0.5, 0.6) is 0 Å². The van der Waals surface area contributed by atoms with E-state index in [2.05, 4.69) is 22.4 Å². The molecule has 2 rings (SSSR count). The van der Waals surface area contributed by atoms with Crippen LogP contribution in [0.3, 0.4) is 0 Å². The molecule has 1 aromatic rings. The van der Waals surface area contributed by atoms with E-state index < -0.39 is 0 Å². The predicted molar refractivity (Wildman–Crippen MR) is 86.6 cm³/mol. The van der Waals surface area contributed by atoms with E-state index in [-0.39, 0.29) is 5.91 Å². The monoisotopic (exact) mass is 305 g/mol. The molecule has 1 amide bonds. The molecule has 0 saturated carbocycles. The van der Waals surface area contributed by atoms with Crippen LogP contribution in [0.2, 0.25) is 0 Å². The van der Waals surface area contributed by atoms with E-state index in [0.717, 1.165) is 30.6 Å². The molecular weight excluding hydrogens is 286 g/mol. The molecule has 112 valence electrons. The van der Waals surface area contributed by atoms with Crippen LogP contribution in [0.4, 0.5) is 0 Å². The first-order valence-electron chi connectivity index (χ1n) is 6.99. The maximum atomic E-state index is 11.0. The van der Waals surface area contributed by atoms with E-state index in [4.69, 9.17) is 4.74 Å². The highest BCUT2D eigenvalue weighted by molar-refractivity contribution is 8.15. The van der Waals surface area contributed by atoms with Gasteiger partial charge in [0.05, 0.1) is 18.6 Å². The molecule has 0 aliphatic carbocycles. The minimum atomic E-state index is -0.0290. The fourth-order valence-electron chi connectivity index (χ4n) is 1.74. The summed E-state index contributed by atoms with van der Waals surface area (Å²) < 4.78 is 5.64. The van der Waals surface area contributed by atoms with Crippen molar-refractivity contribution in [1.82, 2.24) is 5.32 Å². The molecule has 1 aromatic carbocycles. The quantitative estimate of drug-likeness (QED) is 0.478. The van der Waals surface area contributed by atoms with Crippen LogP contribution >= 0.6 is 11.8 Å². The molecule has 1 fully saturated rings. The zero-order valence-corrected chi connectivity index (χ0v) is 12.9. The average molecular weight is 305 g/mol. The maximum absolute atomic E-state index is 11.0. The van der Waals surface area contributed by atoms with Gasteiger partial charge in [-0.1, -0.05) is 49.4 Å². The van der Waals surface area contributed by atoms with E-state index in [0.29, 0.717) is 17.5 Å². The Kier molecular flexibility index (Phi) is 6.43. The molecule has 0 aromatic heterocycles. The number of nitrogens with one attached hydrogen (secondary N) is 1. The van der Waals surface area contributed by atoms with Crippen molar-refractivity contribution in [2.24, 2.45) is 10.2 Å². The van der Waals surface area contributed by atoms with Gasteiger partial charge in [-0.3, -0.25) is 4.79 Å². The molecule has 1 heterocycles. The minimum Gasteiger partial charge on any atom is -0.377 e. The molecule has 1 N–H and O–H groups in total. The molecule has 21 heavy (non-hydrogen) atoms. The molecule has 0 unspecified atom stereocenters. The van der Waals surface area contributed by atoms with Gasteiger partial charge in [-0.25, -0.2) is 0 Å². The van der Waals surface area contributed by atoms with Crippen molar-refractivity contribution in [1.29, 1.82) is 0 Å². The fraction of sp³-hybridized carbons (Fsp3) is 0.400. The Balaban J connectivity index is 1.94. The molecule has 0 radical (unpaired) electrons. The molecule has 0 atom stereocenters. The maximum Gasteiger partial charge on any atom is 0.236 e. The Morgan fingerprint density at radius 1 is 1.43 bits per heavy atom. The Bertz CT molecular complexity index is 543. The van der Waals surface area contributed by atoms with Gasteiger partial charge in [0, 0.05) is 12.2 Å². The number of rotatable bonds is 7. The number of amides is 1. The number of thioether (sulfide) groups is 1. The number of nitrogens with zero attached hydrogens (tertiary/aromatic N) is 2. The highest BCUT2D eigenvalue weighted by Crippen LogP contribution is 2.10. The van der Waals surface area contributed by atoms with Gasteiger partial charge in [-0.2, -0.15) is 5.10 Å². The number of carbonyl (C=O) groups excluding carboxylic acids is 1. The van der Waals surface area contributed by atoms with Crippen LogP contribution in [-0.4, -0.2) is 29.6 Å². The normalized spacial score (nSPS) is 16.8. The Labute approximate surface area is 128 Å². The van der Waals surface area contributed by atoms with Gasteiger partial charge in [0.25, 0.3) is 0 Å². The van der Waals surface area contributed by atoms with Crippen LogP contribution < -0.4 is 5.32 Å². The van der Waals surface area contributed by atoms with Gasteiger partial charge < -0.3 is 10.1 Å². The standard InChI is InChI=1S/C15H19N3O2S/c1-2-3-8-20-10-13-7-5-4-6-12(13)9-16-18-15-17-14(19)11-21-15/h4-7,9H,2-3,8,10-11H2,1H3,(H,17,18,19). The van der Waals surface area contributed by atoms with Gasteiger partial charge in [0.2, 0.25) is 5.91 Å². The zero-order valence-electron chi connectivity index (χ0n) is 12.0. The zero-order chi connectivity index (χ0) is 14.9. The van der Waals surface area contributed by atoms with Crippen molar-refractivity contribution in [3.8, 4) is 0 Å². The lowest BCUT2D eigenvalue weighted by molar-refractivity contribution is -0.116. The fourth-order valence-corrected chi connectivity index (χ4v) is 2.37. The summed E-state index contributed by atoms with van der Waals surface area (Å²) in [6.45, 7) is 3.49. The summed E-state index contributed by atoms with van der Waals surface area (Å²) >= 11 is 1.36. The van der Waals surface area contributed by atoms with Gasteiger partial charge in [0.1, 0.15) is 0 Å². The topological polar surface area (TPSA) is 63.1 Å². The number of hydrogen-bond donors (Lipinski definition) is 1. The largest absolute Gasteiger partial charge is 0.377 e. The minimum absolute atomic E-state index is 0.0290. The third-order valence-corrected chi connectivity index (χ3v) is 3.75. The SMILES string of the molecule is CCCCOCc1ccccc1C=NN=C1NC(=O)CS1. The highest BCUT2D eigenvalue weighted by Gasteiger charge is 2.15. The average Bonchev–Trinajstić information content (AvgIpc) is 2.91. The van der Waals surface area contributed by atoms with Crippen molar-refractivity contribution in [2.45, 2.75) is 26.4 Å². The van der Waals surface area contributed by atoms with Crippen molar-refractivity contribution in [3.05, 3.63) is 35.4 Å². The third kappa shape index (κ3) is 5.32. The predicted octanol–water partition coefficient (Wildman–Crippen LogP) is 2.56. The summed E-state index contributed by atoms with van der Waals surface area (Å²) in [6, 6.07) is 7.93. The third-order valence-electron chi connectivity index (χ3n) is 2.89. The van der Waals surface area contributed by atoms with Crippen LogP contribution in [0, 0.1) is 0 Å². The van der Waals surface area contributed by atoms with E-state index in [1.807, 2.05) is 24.3 Å². The Morgan fingerprint density at radius 3 is 3.05 bits per heavy atom. The van der Waals surface area contributed by atoms with Crippen LogP contribution in [0.15, 0.2) is 34.5 Å². The summed E-state index contributed by atoms with van der Waals surface area (Å²) in [4.78, 5) is 11.0. The summed E-state index contributed by atoms with van der Waals surface area (Å²) in [6.07, 6.45) is 3.89. The van der Waals surface area contributed by atoms with Gasteiger partial charge in [0.15, 0.2) is 5.17 Å². The summed E-state index contributed by atoms with van der Waals surface area (Å²) in [5.41, 5.74) is 2.06. The summed E-state index contributed by atoms with van der Waals surface area (Å²) in [5.74, 6) is 0.384. The van der Waals surface area contributed by atoms with Gasteiger partial charge in [-0.15, -0.1) is 5.10 Å². The Morgan fingerprint density at radius 2 is 2.29 bits per heavy atom. The van der Waals surface area contributed by atoms with E-state index in [1.54, 1.807) is 6.21 Å². The summed E-state index contributed by atoms with van der Waals surface area (Å²) in [5, 5.41) is 11.2. The number of hydrogen-bond acceptors (Lipinski definition) is 5. The number of carbonyl (C=O) groups is 1. The lowest BCUT2D eigenvalue weighted by Gasteiger charge is -2.06. The van der Waals surface area contributed by atoms with Gasteiger partial charge >= 0.3 is 0 Å². The molecule has 1 aliphatic heterocycles.